The van der Waals surface area contributed by atoms with Crippen LogP contribution in [0.25, 0.3) is 0 Å². The van der Waals surface area contributed by atoms with Crippen LogP contribution in [0.1, 0.15) is 23.0 Å². The van der Waals surface area contributed by atoms with Crippen LogP contribution in [-0.4, -0.2) is 17.0 Å². The maximum atomic E-state index is 11.5. The lowest BCUT2D eigenvalue weighted by molar-refractivity contribution is 0.0946. The zero-order chi connectivity index (χ0) is 9.42. The van der Waals surface area contributed by atoms with Gasteiger partial charge in [0.25, 0.3) is 0 Å². The molecule has 0 amide bonds. The zero-order valence-electron chi connectivity index (χ0n) is 7.70. The Morgan fingerprint density at radius 3 is 3.00 bits per heavy atom. The first-order chi connectivity index (χ1) is 6.22. The summed E-state index contributed by atoms with van der Waals surface area (Å²) in [6.45, 7) is 1.96. The zero-order valence-corrected chi connectivity index (χ0v) is 8.52. The molecule has 0 saturated carbocycles. The molecule has 0 saturated heterocycles. The predicted molar refractivity (Wildman–Crippen MR) is 53.2 cm³/mol. The van der Waals surface area contributed by atoms with Crippen LogP contribution in [0, 0.1) is 5.92 Å². The van der Waals surface area contributed by atoms with Gasteiger partial charge in [0.15, 0.2) is 5.78 Å². The molecule has 0 bridgehead atoms. The van der Waals surface area contributed by atoms with Crippen molar-refractivity contribution in [1.29, 1.82) is 0 Å². The lowest BCUT2D eigenvalue weighted by Crippen LogP contribution is -2.02. The normalized spacial score (nSPS) is 20.5. The van der Waals surface area contributed by atoms with Gasteiger partial charge < -0.3 is 0 Å². The number of nitrogens with zero attached hydrogens (tertiary/aromatic N) is 1. The number of carbonyl (C=O) groups is 1. The first-order valence-electron chi connectivity index (χ1n) is 4.30. The van der Waals surface area contributed by atoms with Gasteiger partial charge in [0.2, 0.25) is 0 Å². The van der Waals surface area contributed by atoms with Gasteiger partial charge in [-0.15, -0.1) is 11.8 Å². The van der Waals surface area contributed by atoms with Crippen molar-refractivity contribution in [3.63, 3.8) is 0 Å². The average Bonchev–Trinajstić information content (AvgIpc) is 2.42. The topological polar surface area (TPSA) is 30.0 Å². The van der Waals surface area contributed by atoms with Crippen LogP contribution in [0.15, 0.2) is 17.2 Å². The third-order valence-corrected chi connectivity index (χ3v) is 3.02. The third kappa shape index (κ3) is 1.37. The summed E-state index contributed by atoms with van der Waals surface area (Å²) in [7, 11) is 0. The van der Waals surface area contributed by atoms with Crippen molar-refractivity contribution in [3.05, 3.63) is 23.4 Å². The summed E-state index contributed by atoms with van der Waals surface area (Å²) in [4.78, 5) is 16.0. The Hall–Kier alpha value is -0.830. The van der Waals surface area contributed by atoms with E-state index in [9.17, 15) is 4.79 Å². The minimum atomic E-state index is 0.125. The lowest BCUT2D eigenvalue weighted by Gasteiger charge is -1.98. The van der Waals surface area contributed by atoms with Crippen molar-refractivity contribution in [1.82, 2.24) is 4.98 Å². The van der Waals surface area contributed by atoms with Crippen LogP contribution < -0.4 is 0 Å². The molecule has 68 valence electrons. The highest BCUT2D eigenvalue weighted by atomic mass is 32.2. The smallest absolute Gasteiger partial charge is 0.167 e. The molecule has 2 rings (SSSR count). The Morgan fingerprint density at radius 1 is 1.54 bits per heavy atom. The highest BCUT2D eigenvalue weighted by Crippen LogP contribution is 2.26. The molecule has 2 nitrogen and oxygen atoms in total. The number of ketones is 1. The molecule has 1 aliphatic rings. The number of hydrogen-bond donors (Lipinski definition) is 0. The monoisotopic (exact) mass is 193 g/mol. The number of rotatable bonds is 1. The third-order valence-electron chi connectivity index (χ3n) is 2.37. The van der Waals surface area contributed by atoms with Gasteiger partial charge >= 0.3 is 0 Å². The number of Topliss-reactive ketones (excluding diaryl/α,β-unsaturated/α-hetero) is 1. The Balaban J connectivity index is 2.46. The summed E-state index contributed by atoms with van der Waals surface area (Å²) in [6, 6.07) is 3.82. The van der Waals surface area contributed by atoms with Gasteiger partial charge in [0, 0.05) is 17.9 Å². The van der Waals surface area contributed by atoms with Crippen molar-refractivity contribution in [2.75, 3.05) is 6.26 Å². The van der Waals surface area contributed by atoms with E-state index in [1.807, 2.05) is 25.3 Å². The maximum Gasteiger partial charge on any atom is 0.167 e. The Labute approximate surface area is 81.8 Å². The molecule has 1 heterocycles. The fourth-order valence-electron chi connectivity index (χ4n) is 1.62. The average molecular weight is 193 g/mol. The summed E-state index contributed by atoms with van der Waals surface area (Å²) in [6.07, 6.45) is 2.80. The van der Waals surface area contributed by atoms with E-state index in [2.05, 4.69) is 4.98 Å². The van der Waals surface area contributed by atoms with E-state index in [-0.39, 0.29) is 11.7 Å². The van der Waals surface area contributed by atoms with Crippen LogP contribution in [0.4, 0.5) is 0 Å². The summed E-state index contributed by atoms with van der Waals surface area (Å²) >= 11 is 1.61. The molecular weight excluding hydrogens is 182 g/mol. The summed E-state index contributed by atoms with van der Waals surface area (Å²) in [5.41, 5.74) is 1.80. The van der Waals surface area contributed by atoms with Crippen LogP contribution in [0.5, 0.6) is 0 Å². The van der Waals surface area contributed by atoms with Gasteiger partial charge in [-0.25, -0.2) is 4.98 Å². The second kappa shape index (κ2) is 3.14. The highest BCUT2D eigenvalue weighted by Gasteiger charge is 2.27. The standard InChI is InChI=1S/C10H11NOS/c1-6-5-8-7(10(6)12)3-4-9(11-8)13-2/h3-4,6H,5H2,1-2H3. The molecule has 0 N–H and O–H groups in total. The second-order valence-corrected chi connectivity index (χ2v) is 4.14. The fraction of sp³-hybridized carbons (Fsp3) is 0.400. The SMILES string of the molecule is CSc1ccc2c(n1)CC(C)C2=O. The molecule has 1 atom stereocenters. The van der Waals surface area contributed by atoms with Gasteiger partial charge in [-0.05, 0) is 18.4 Å². The number of thioether (sulfide) groups is 1. The lowest BCUT2D eigenvalue weighted by atomic mass is 10.1. The van der Waals surface area contributed by atoms with Crippen LogP contribution >= 0.6 is 11.8 Å². The molecule has 1 unspecified atom stereocenters. The minimum Gasteiger partial charge on any atom is -0.294 e. The van der Waals surface area contributed by atoms with Gasteiger partial charge in [0.05, 0.1) is 10.7 Å². The van der Waals surface area contributed by atoms with Crippen molar-refractivity contribution < 1.29 is 4.79 Å². The van der Waals surface area contributed by atoms with Crippen LogP contribution in [-0.2, 0) is 6.42 Å². The van der Waals surface area contributed by atoms with Gasteiger partial charge in [-0.3, -0.25) is 4.79 Å². The van der Waals surface area contributed by atoms with E-state index >= 15 is 0 Å². The highest BCUT2D eigenvalue weighted by molar-refractivity contribution is 7.98. The van der Waals surface area contributed by atoms with Crippen molar-refractivity contribution in [3.8, 4) is 0 Å². The van der Waals surface area contributed by atoms with Crippen molar-refractivity contribution in [2.24, 2.45) is 5.92 Å². The van der Waals surface area contributed by atoms with E-state index < -0.39 is 0 Å². The molecule has 0 aromatic carbocycles. The summed E-state index contributed by atoms with van der Waals surface area (Å²) in [5, 5.41) is 1.00. The Kier molecular flexibility index (Phi) is 2.12. The molecule has 0 fully saturated rings. The van der Waals surface area contributed by atoms with E-state index in [1.165, 1.54) is 0 Å². The van der Waals surface area contributed by atoms with Gasteiger partial charge in [0.1, 0.15) is 0 Å². The van der Waals surface area contributed by atoms with E-state index in [1.54, 1.807) is 11.8 Å². The molecular formula is C10H11NOS. The van der Waals surface area contributed by atoms with E-state index in [4.69, 9.17) is 0 Å². The second-order valence-electron chi connectivity index (χ2n) is 3.32. The molecule has 3 heteroatoms. The quantitative estimate of drug-likeness (QED) is 0.640. The Bertz CT molecular complexity index is 362. The summed E-state index contributed by atoms with van der Waals surface area (Å²) < 4.78 is 0. The Morgan fingerprint density at radius 2 is 2.31 bits per heavy atom. The fourth-order valence-corrected chi connectivity index (χ4v) is 2.03. The number of aromatic nitrogens is 1. The van der Waals surface area contributed by atoms with Crippen LogP contribution in [0.2, 0.25) is 0 Å². The van der Waals surface area contributed by atoms with Crippen LogP contribution in [0.3, 0.4) is 0 Å². The number of hydrogen-bond acceptors (Lipinski definition) is 3. The minimum absolute atomic E-state index is 0.125. The van der Waals surface area contributed by atoms with Crippen molar-refractivity contribution >= 4 is 17.5 Å². The first kappa shape index (κ1) is 8.75. The molecule has 0 aliphatic heterocycles. The van der Waals surface area contributed by atoms with Crippen molar-refractivity contribution in [2.45, 2.75) is 18.4 Å². The van der Waals surface area contributed by atoms with Gasteiger partial charge in [-0.1, -0.05) is 6.92 Å². The first-order valence-corrected chi connectivity index (χ1v) is 5.53. The van der Waals surface area contributed by atoms with Gasteiger partial charge in [-0.2, -0.15) is 0 Å². The van der Waals surface area contributed by atoms with E-state index in [0.717, 1.165) is 22.7 Å². The van der Waals surface area contributed by atoms with E-state index in [0.29, 0.717) is 0 Å². The summed E-state index contributed by atoms with van der Waals surface area (Å²) in [5.74, 6) is 0.370. The molecule has 1 aliphatic carbocycles. The molecule has 0 spiro atoms. The predicted octanol–water partition coefficient (Wildman–Crippen LogP) is 2.18. The number of fused-ring (bicyclic) bond motifs is 1. The largest absolute Gasteiger partial charge is 0.294 e. The molecule has 13 heavy (non-hydrogen) atoms. The number of carbonyl (C=O) groups excluding carboxylic acids is 1. The number of pyridine rings is 1. The maximum absolute atomic E-state index is 11.5. The molecule has 1 aromatic rings. The molecule has 0 radical (unpaired) electrons. The molecule has 1 aromatic heterocycles.